The molecule has 9 heteroatoms. The number of phenols is 1. The molecule has 0 aromatic heterocycles. The summed E-state index contributed by atoms with van der Waals surface area (Å²) in [4.78, 5) is 12.1. The molecule has 1 fully saturated rings. The van der Waals surface area contributed by atoms with E-state index in [1.165, 1.54) is 0 Å². The van der Waals surface area contributed by atoms with E-state index in [1.54, 1.807) is 19.9 Å². The number of aliphatic hydroxyl groups is 5. The molecule has 1 aliphatic rings. The number of rotatable bonds is 10. The molecular weight excluding hydrogens is 506 g/mol. The van der Waals surface area contributed by atoms with Gasteiger partial charge in [-0.2, -0.15) is 0 Å². The predicted octanol–water partition coefficient (Wildman–Crippen LogP) is 2.04. The summed E-state index contributed by atoms with van der Waals surface area (Å²) in [6, 6.07) is 9.73. The van der Waals surface area contributed by atoms with Crippen molar-refractivity contribution in [2.24, 2.45) is 0 Å². The van der Waals surface area contributed by atoms with E-state index in [4.69, 9.17) is 0 Å². The number of hydrogen-bond donors (Lipinski definition) is 7. The Kier molecular flexibility index (Phi) is 10.2. The van der Waals surface area contributed by atoms with Crippen LogP contribution in [0.4, 0.5) is 0 Å². The highest BCUT2D eigenvalue weighted by Gasteiger charge is 2.44. The lowest BCUT2D eigenvalue weighted by atomic mass is 9.91. The number of amides is 1. The monoisotopic (exact) mass is 547 g/mol. The number of thioether (sulfide) groups is 1. The quantitative estimate of drug-likeness (QED) is 0.239. The largest absolute Gasteiger partial charge is 0.508 e. The lowest BCUT2D eigenvalue weighted by molar-refractivity contribution is -0.123. The molecule has 3 rings (SSSR count). The average molecular weight is 548 g/mol. The topological polar surface area (TPSA) is 150 Å². The number of hydrogen-bond acceptors (Lipinski definition) is 8. The van der Waals surface area contributed by atoms with E-state index in [1.807, 2.05) is 19.9 Å². The van der Waals surface area contributed by atoms with Crippen molar-refractivity contribution in [3.05, 3.63) is 63.7 Å². The van der Waals surface area contributed by atoms with Gasteiger partial charge in [0.2, 0.25) is 5.91 Å². The molecular formula is C29H41NO7S. The van der Waals surface area contributed by atoms with E-state index >= 15 is 0 Å². The van der Waals surface area contributed by atoms with Gasteiger partial charge in [-0.25, -0.2) is 0 Å². The van der Waals surface area contributed by atoms with E-state index in [-0.39, 0.29) is 24.9 Å². The van der Waals surface area contributed by atoms with Crippen LogP contribution in [0, 0.1) is 13.8 Å². The summed E-state index contributed by atoms with van der Waals surface area (Å²) in [6.45, 7) is 7.03. The molecule has 0 radical (unpaired) electrons. The number of aliphatic hydroxyl groups excluding tert-OH is 5. The third-order valence-corrected chi connectivity index (χ3v) is 8.82. The van der Waals surface area contributed by atoms with Crippen LogP contribution in [-0.2, 0) is 17.6 Å². The Bertz CT molecular complexity index is 1120. The van der Waals surface area contributed by atoms with Crippen LogP contribution in [0.15, 0.2) is 30.3 Å². The summed E-state index contributed by atoms with van der Waals surface area (Å²) in [5.74, 6) is -0.0776. The van der Waals surface area contributed by atoms with E-state index in [9.17, 15) is 35.4 Å². The van der Waals surface area contributed by atoms with Gasteiger partial charge in [-0.15, -0.1) is 11.8 Å². The standard InChI is InChI=1S/C29H41NO7S/c1-16-10-18(6-5-7-24(34)30-29(3,4)15-32)8-9-19(16)12-20-13-21(22(33)11-17(20)2)28-27(37)26(36)25(35)23(14-31)38-28/h8-11,13,23,25-28,31-33,35-37H,5-7,12,14-15H2,1-4H3,(H,30,34)/t23-,25-,26+,27-,28+/m1/s1. The first-order valence-corrected chi connectivity index (χ1v) is 13.9. The molecule has 5 atom stereocenters. The maximum atomic E-state index is 12.1. The molecule has 2 aromatic rings. The summed E-state index contributed by atoms with van der Waals surface area (Å²) in [5.41, 5.74) is 5.03. The van der Waals surface area contributed by atoms with Crippen LogP contribution in [0.5, 0.6) is 5.75 Å². The highest BCUT2D eigenvalue weighted by molar-refractivity contribution is 8.00. The van der Waals surface area contributed by atoms with E-state index in [2.05, 4.69) is 23.5 Å². The fraction of sp³-hybridized carbons (Fsp3) is 0.552. The van der Waals surface area contributed by atoms with Gasteiger partial charge in [-0.3, -0.25) is 4.79 Å². The second kappa shape index (κ2) is 12.8. The summed E-state index contributed by atoms with van der Waals surface area (Å²) >= 11 is 1.15. The Morgan fingerprint density at radius 1 is 0.974 bits per heavy atom. The highest BCUT2D eigenvalue weighted by Crippen LogP contribution is 2.46. The van der Waals surface area contributed by atoms with Crippen LogP contribution in [0.1, 0.15) is 65.3 Å². The van der Waals surface area contributed by atoms with Gasteiger partial charge in [-0.05, 0) is 80.8 Å². The van der Waals surface area contributed by atoms with Gasteiger partial charge in [-0.1, -0.05) is 24.3 Å². The zero-order chi connectivity index (χ0) is 28.2. The minimum Gasteiger partial charge on any atom is -0.508 e. The number of aryl methyl sites for hydroxylation is 3. The number of nitrogens with one attached hydrogen (secondary N) is 1. The third-order valence-electron chi connectivity index (χ3n) is 7.21. The zero-order valence-corrected chi connectivity index (χ0v) is 23.3. The van der Waals surface area contributed by atoms with Crippen molar-refractivity contribution in [2.45, 2.75) is 87.7 Å². The summed E-state index contributed by atoms with van der Waals surface area (Å²) in [7, 11) is 0. The number of phenolic OH excluding ortho intramolecular Hbond substituents is 1. The van der Waals surface area contributed by atoms with Gasteiger partial charge in [0.15, 0.2) is 0 Å². The first-order valence-electron chi connectivity index (χ1n) is 13.0. The minimum absolute atomic E-state index is 0.00145. The van der Waals surface area contributed by atoms with Crippen LogP contribution in [0.3, 0.4) is 0 Å². The Hall–Kier alpha value is -2.14. The van der Waals surface area contributed by atoms with Gasteiger partial charge in [0, 0.05) is 12.0 Å². The molecule has 1 amide bonds. The minimum atomic E-state index is -1.43. The lowest BCUT2D eigenvalue weighted by Crippen LogP contribution is -2.51. The maximum Gasteiger partial charge on any atom is 0.220 e. The van der Waals surface area contributed by atoms with Gasteiger partial charge in [0.1, 0.15) is 11.9 Å². The SMILES string of the molecule is Cc1cc(CCCC(=O)NC(C)(C)CO)ccc1Cc1cc([C@@H]2S[C@H](CO)[C@@H](O)[C@H](O)[C@H]2O)c(O)cc1C. The van der Waals surface area contributed by atoms with Crippen molar-refractivity contribution in [3.63, 3.8) is 0 Å². The van der Waals surface area contributed by atoms with Gasteiger partial charge in [0.05, 0.1) is 41.5 Å². The second-order valence-electron chi connectivity index (χ2n) is 11.0. The molecule has 1 heterocycles. The molecule has 0 spiro atoms. The van der Waals surface area contributed by atoms with Crippen molar-refractivity contribution < 1.29 is 35.4 Å². The Morgan fingerprint density at radius 3 is 2.29 bits per heavy atom. The first-order chi connectivity index (χ1) is 17.9. The number of carbonyl (C=O) groups is 1. The van der Waals surface area contributed by atoms with E-state index < -0.39 is 34.4 Å². The van der Waals surface area contributed by atoms with Gasteiger partial charge < -0.3 is 36.0 Å². The number of aromatic hydroxyl groups is 1. The highest BCUT2D eigenvalue weighted by atomic mass is 32.2. The molecule has 8 nitrogen and oxygen atoms in total. The fourth-order valence-electron chi connectivity index (χ4n) is 4.78. The molecule has 1 saturated heterocycles. The zero-order valence-electron chi connectivity index (χ0n) is 22.5. The molecule has 1 aliphatic heterocycles. The van der Waals surface area contributed by atoms with Crippen molar-refractivity contribution in [2.75, 3.05) is 13.2 Å². The normalized spacial score (nSPS) is 23.9. The van der Waals surface area contributed by atoms with Crippen molar-refractivity contribution in [1.82, 2.24) is 5.32 Å². The molecule has 38 heavy (non-hydrogen) atoms. The van der Waals surface area contributed by atoms with Crippen molar-refractivity contribution in [1.29, 1.82) is 0 Å². The van der Waals surface area contributed by atoms with E-state index in [0.29, 0.717) is 24.8 Å². The average Bonchev–Trinajstić information content (AvgIpc) is 2.86. The molecule has 0 aliphatic carbocycles. The predicted molar refractivity (Wildman–Crippen MR) is 148 cm³/mol. The molecule has 2 aromatic carbocycles. The fourth-order valence-corrected chi connectivity index (χ4v) is 6.23. The summed E-state index contributed by atoms with van der Waals surface area (Å²) in [5, 5.41) is 62.1. The third kappa shape index (κ3) is 7.28. The smallest absolute Gasteiger partial charge is 0.220 e. The van der Waals surface area contributed by atoms with Crippen LogP contribution in [-0.4, -0.2) is 78.9 Å². The maximum absolute atomic E-state index is 12.1. The van der Waals surface area contributed by atoms with Crippen LogP contribution in [0.25, 0.3) is 0 Å². The first kappa shape index (κ1) is 30.4. The number of carbonyl (C=O) groups excluding carboxylic acids is 1. The van der Waals surface area contributed by atoms with Gasteiger partial charge in [0.25, 0.3) is 0 Å². The second-order valence-corrected chi connectivity index (χ2v) is 12.4. The van der Waals surface area contributed by atoms with E-state index in [0.717, 1.165) is 46.0 Å². The molecule has 0 saturated carbocycles. The molecule has 0 unspecified atom stereocenters. The number of benzene rings is 2. The molecule has 0 bridgehead atoms. The Balaban J connectivity index is 1.71. The van der Waals surface area contributed by atoms with Crippen LogP contribution >= 0.6 is 11.8 Å². The van der Waals surface area contributed by atoms with Crippen molar-refractivity contribution in [3.8, 4) is 5.75 Å². The Morgan fingerprint density at radius 2 is 1.66 bits per heavy atom. The molecule has 7 N–H and O–H groups in total. The van der Waals surface area contributed by atoms with Crippen LogP contribution < -0.4 is 5.32 Å². The van der Waals surface area contributed by atoms with Gasteiger partial charge >= 0.3 is 0 Å². The lowest BCUT2D eigenvalue weighted by Gasteiger charge is -2.40. The summed E-state index contributed by atoms with van der Waals surface area (Å²) in [6.07, 6.45) is -1.54. The van der Waals surface area contributed by atoms with Crippen LogP contribution in [0.2, 0.25) is 0 Å². The van der Waals surface area contributed by atoms with Crippen molar-refractivity contribution >= 4 is 17.7 Å². The molecule has 210 valence electrons. The Labute approximate surface area is 228 Å². The summed E-state index contributed by atoms with van der Waals surface area (Å²) < 4.78 is 0.